The van der Waals surface area contributed by atoms with Crippen molar-refractivity contribution in [1.82, 2.24) is 0 Å². The fraction of sp³-hybridized carbons (Fsp3) is 0.857. The Balaban J connectivity index is 2.21. The van der Waals surface area contributed by atoms with Crippen LogP contribution < -0.4 is 5.73 Å². The molecule has 1 aliphatic rings. The van der Waals surface area contributed by atoms with Crippen molar-refractivity contribution in [3.63, 3.8) is 0 Å². The van der Waals surface area contributed by atoms with Crippen molar-refractivity contribution in [3.05, 3.63) is 0 Å². The Labute approximate surface area is 60.8 Å². The van der Waals surface area contributed by atoms with Gasteiger partial charge in [0.1, 0.15) is 6.61 Å². The van der Waals surface area contributed by atoms with Gasteiger partial charge in [0, 0.05) is 6.04 Å². The largest absolute Gasteiger partial charge is 0.362 e. The second-order valence-corrected chi connectivity index (χ2v) is 2.60. The third kappa shape index (κ3) is 1.69. The Kier molecular flexibility index (Phi) is 2.67. The molecule has 0 bridgehead atoms. The predicted octanol–water partition coefficient (Wildman–Crippen LogP) is 0.406. The van der Waals surface area contributed by atoms with Crippen LogP contribution in [0.4, 0.5) is 0 Å². The lowest BCUT2D eigenvalue weighted by Gasteiger charge is -2.13. The molecule has 3 nitrogen and oxygen atoms in total. The highest BCUT2D eigenvalue weighted by Gasteiger charge is 2.23. The number of hydrogen-bond acceptors (Lipinski definition) is 3. The van der Waals surface area contributed by atoms with Gasteiger partial charge in [-0.2, -0.15) is 5.26 Å². The third-order valence-electron chi connectivity index (χ3n) is 1.87. The molecule has 1 rings (SSSR count). The number of nitrogens with two attached hydrogens (primary N) is 1. The monoisotopic (exact) mass is 140 g/mol. The Morgan fingerprint density at radius 2 is 2.40 bits per heavy atom. The molecule has 56 valence electrons. The van der Waals surface area contributed by atoms with Gasteiger partial charge in [-0.15, -0.1) is 0 Å². The van der Waals surface area contributed by atoms with E-state index in [2.05, 4.69) is 0 Å². The topological polar surface area (TPSA) is 59.0 Å². The van der Waals surface area contributed by atoms with Crippen LogP contribution in [0, 0.1) is 11.3 Å². The Bertz CT molecular complexity index is 141. The molecule has 0 unspecified atom stereocenters. The molecule has 0 heterocycles. The highest BCUT2D eigenvalue weighted by Crippen LogP contribution is 2.19. The first kappa shape index (κ1) is 7.52. The number of rotatable bonds is 2. The summed E-state index contributed by atoms with van der Waals surface area (Å²) < 4.78 is 5.18. The molecule has 0 aromatic rings. The van der Waals surface area contributed by atoms with Crippen LogP contribution in [0.2, 0.25) is 0 Å². The second kappa shape index (κ2) is 3.55. The van der Waals surface area contributed by atoms with Crippen molar-refractivity contribution in [2.24, 2.45) is 5.73 Å². The van der Waals surface area contributed by atoms with Gasteiger partial charge >= 0.3 is 0 Å². The van der Waals surface area contributed by atoms with Gasteiger partial charge in [-0.05, 0) is 19.3 Å². The molecular formula is C7H12N2O. The lowest BCUT2D eigenvalue weighted by molar-refractivity contribution is 0.0713. The highest BCUT2D eigenvalue weighted by atomic mass is 16.5. The van der Waals surface area contributed by atoms with Crippen molar-refractivity contribution < 1.29 is 4.74 Å². The quantitative estimate of drug-likeness (QED) is 0.604. The van der Waals surface area contributed by atoms with Gasteiger partial charge in [0.25, 0.3) is 0 Å². The van der Waals surface area contributed by atoms with E-state index < -0.39 is 0 Å². The summed E-state index contributed by atoms with van der Waals surface area (Å²) in [6.45, 7) is 0.179. The lowest BCUT2D eigenvalue weighted by Crippen LogP contribution is -2.31. The molecule has 0 aromatic heterocycles. The zero-order valence-electron chi connectivity index (χ0n) is 5.92. The maximum Gasteiger partial charge on any atom is 0.134 e. The minimum atomic E-state index is 0.139. The second-order valence-electron chi connectivity index (χ2n) is 2.60. The van der Waals surface area contributed by atoms with Gasteiger partial charge in [0.2, 0.25) is 0 Å². The fourth-order valence-corrected chi connectivity index (χ4v) is 1.31. The van der Waals surface area contributed by atoms with Crippen molar-refractivity contribution in [3.8, 4) is 6.07 Å². The lowest BCUT2D eigenvalue weighted by atomic mass is 10.2. The molecule has 2 N–H and O–H groups in total. The molecule has 2 atom stereocenters. The van der Waals surface area contributed by atoms with E-state index in [1.54, 1.807) is 0 Å². The van der Waals surface area contributed by atoms with E-state index in [-0.39, 0.29) is 18.8 Å². The summed E-state index contributed by atoms with van der Waals surface area (Å²) in [6.07, 6.45) is 3.33. The third-order valence-corrected chi connectivity index (χ3v) is 1.87. The molecule has 1 saturated carbocycles. The molecular weight excluding hydrogens is 128 g/mol. The number of ether oxygens (including phenoxy) is 1. The van der Waals surface area contributed by atoms with E-state index in [4.69, 9.17) is 15.7 Å². The Morgan fingerprint density at radius 1 is 1.60 bits per heavy atom. The molecule has 0 aliphatic heterocycles. The van der Waals surface area contributed by atoms with Crippen LogP contribution in [0.5, 0.6) is 0 Å². The van der Waals surface area contributed by atoms with Crippen LogP contribution in [0.3, 0.4) is 0 Å². The summed E-state index contributed by atoms with van der Waals surface area (Å²) in [5, 5.41) is 8.20. The van der Waals surface area contributed by atoms with Crippen LogP contribution in [-0.2, 0) is 4.74 Å². The molecule has 1 fully saturated rings. The average molecular weight is 140 g/mol. The summed E-state index contributed by atoms with van der Waals surface area (Å²) in [6, 6.07) is 2.10. The zero-order valence-corrected chi connectivity index (χ0v) is 5.92. The first-order valence-corrected chi connectivity index (χ1v) is 3.58. The van der Waals surface area contributed by atoms with Gasteiger partial charge < -0.3 is 10.5 Å². The van der Waals surface area contributed by atoms with E-state index in [9.17, 15) is 0 Å². The molecule has 0 aromatic carbocycles. The van der Waals surface area contributed by atoms with Gasteiger partial charge in [-0.25, -0.2) is 0 Å². The molecule has 10 heavy (non-hydrogen) atoms. The number of nitriles is 1. The Morgan fingerprint density at radius 3 is 2.90 bits per heavy atom. The van der Waals surface area contributed by atoms with Crippen molar-refractivity contribution in [1.29, 1.82) is 5.26 Å². The SMILES string of the molecule is N#CCO[C@H]1CCC[C@@H]1N. The van der Waals surface area contributed by atoms with E-state index >= 15 is 0 Å². The minimum Gasteiger partial charge on any atom is -0.362 e. The number of nitrogens with zero attached hydrogens (tertiary/aromatic N) is 1. The number of hydrogen-bond donors (Lipinski definition) is 1. The van der Waals surface area contributed by atoms with Crippen LogP contribution >= 0.6 is 0 Å². The van der Waals surface area contributed by atoms with Crippen LogP contribution in [0.1, 0.15) is 19.3 Å². The average Bonchev–Trinajstić information content (AvgIpc) is 2.31. The molecule has 0 saturated heterocycles. The predicted molar refractivity (Wildman–Crippen MR) is 37.2 cm³/mol. The summed E-state index contributed by atoms with van der Waals surface area (Å²) in [5.41, 5.74) is 5.69. The van der Waals surface area contributed by atoms with E-state index in [0.717, 1.165) is 19.3 Å². The standard InChI is InChI=1S/C7H12N2O/c8-4-5-10-7-3-1-2-6(7)9/h6-7H,1-3,5,9H2/t6-,7-/m0/s1. The fourth-order valence-electron chi connectivity index (χ4n) is 1.31. The van der Waals surface area contributed by atoms with Crippen molar-refractivity contribution in [2.45, 2.75) is 31.4 Å². The van der Waals surface area contributed by atoms with Crippen LogP contribution in [0.15, 0.2) is 0 Å². The highest BCUT2D eigenvalue weighted by molar-refractivity contribution is 4.82. The smallest absolute Gasteiger partial charge is 0.134 e. The maximum absolute atomic E-state index is 8.20. The zero-order chi connectivity index (χ0) is 7.40. The summed E-state index contributed by atoms with van der Waals surface area (Å²) in [5.74, 6) is 0. The molecule has 0 amide bonds. The van der Waals surface area contributed by atoms with Crippen LogP contribution in [0.25, 0.3) is 0 Å². The van der Waals surface area contributed by atoms with Gasteiger partial charge in [0.05, 0.1) is 12.2 Å². The van der Waals surface area contributed by atoms with Crippen molar-refractivity contribution >= 4 is 0 Å². The molecule has 0 spiro atoms. The van der Waals surface area contributed by atoms with E-state index in [0.29, 0.717) is 0 Å². The molecule has 3 heteroatoms. The van der Waals surface area contributed by atoms with Crippen LogP contribution in [-0.4, -0.2) is 18.8 Å². The van der Waals surface area contributed by atoms with Gasteiger partial charge in [0.15, 0.2) is 0 Å². The van der Waals surface area contributed by atoms with Gasteiger partial charge in [-0.1, -0.05) is 0 Å². The first-order chi connectivity index (χ1) is 4.84. The maximum atomic E-state index is 8.20. The minimum absolute atomic E-state index is 0.139. The van der Waals surface area contributed by atoms with E-state index in [1.807, 2.05) is 6.07 Å². The Hall–Kier alpha value is -0.590. The molecule has 0 radical (unpaired) electrons. The first-order valence-electron chi connectivity index (χ1n) is 3.58. The van der Waals surface area contributed by atoms with E-state index in [1.165, 1.54) is 0 Å². The molecule has 1 aliphatic carbocycles. The van der Waals surface area contributed by atoms with Crippen molar-refractivity contribution in [2.75, 3.05) is 6.61 Å². The normalized spacial score (nSPS) is 32.0. The summed E-state index contributed by atoms with van der Waals surface area (Å²) in [7, 11) is 0. The summed E-state index contributed by atoms with van der Waals surface area (Å²) >= 11 is 0. The van der Waals surface area contributed by atoms with Gasteiger partial charge in [-0.3, -0.25) is 0 Å². The summed E-state index contributed by atoms with van der Waals surface area (Å²) in [4.78, 5) is 0.